The zero-order chi connectivity index (χ0) is 10.8. The van der Waals surface area contributed by atoms with Crippen LogP contribution in [-0.2, 0) is 0 Å². The molecule has 0 nitrogen and oxygen atoms in total. The number of hydrogen-bond donors (Lipinski definition) is 0. The van der Waals surface area contributed by atoms with Gasteiger partial charge in [-0.05, 0) is 36.0 Å². The Labute approximate surface area is 89.8 Å². The minimum absolute atomic E-state index is 0.546. The van der Waals surface area contributed by atoms with Crippen molar-refractivity contribution in [3.8, 4) is 0 Å². The largest absolute Gasteiger partial charge is 0.0877 e. The molecular weight excluding hydrogens is 168 g/mol. The van der Waals surface area contributed by atoms with E-state index in [1.165, 1.54) is 19.3 Å². The Balaban J connectivity index is 2.79. The maximum atomic E-state index is 2.44. The van der Waals surface area contributed by atoms with Crippen molar-refractivity contribution in [3.05, 3.63) is 12.2 Å². The second kappa shape index (κ2) is 4.51. The van der Waals surface area contributed by atoms with Crippen LogP contribution >= 0.6 is 0 Å². The van der Waals surface area contributed by atoms with E-state index in [9.17, 15) is 0 Å². The van der Waals surface area contributed by atoms with Crippen LogP contribution in [0.5, 0.6) is 0 Å². The monoisotopic (exact) mass is 194 g/mol. The van der Waals surface area contributed by atoms with Gasteiger partial charge in [0.15, 0.2) is 0 Å². The molecule has 0 aromatic rings. The van der Waals surface area contributed by atoms with Gasteiger partial charge in [0.2, 0.25) is 0 Å². The zero-order valence-corrected chi connectivity index (χ0v) is 10.5. The van der Waals surface area contributed by atoms with Crippen molar-refractivity contribution in [1.29, 1.82) is 0 Å². The summed E-state index contributed by atoms with van der Waals surface area (Å²) in [6, 6.07) is 0. The molecule has 0 spiro atoms. The fourth-order valence-corrected chi connectivity index (χ4v) is 2.60. The quantitative estimate of drug-likeness (QED) is 0.532. The molecule has 0 heterocycles. The van der Waals surface area contributed by atoms with E-state index in [4.69, 9.17) is 0 Å². The first-order valence-electron chi connectivity index (χ1n) is 6.15. The maximum Gasteiger partial charge on any atom is -0.0234 e. The van der Waals surface area contributed by atoms with E-state index >= 15 is 0 Å². The van der Waals surface area contributed by atoms with Crippen molar-refractivity contribution in [2.45, 2.75) is 53.9 Å². The lowest BCUT2D eigenvalue weighted by Crippen LogP contribution is -2.26. The van der Waals surface area contributed by atoms with Crippen LogP contribution in [0, 0.1) is 23.2 Å². The molecule has 0 aliphatic heterocycles. The lowest BCUT2D eigenvalue weighted by atomic mass is 9.69. The minimum Gasteiger partial charge on any atom is -0.0877 e. The standard InChI is InChI=1S/C14H26/c1-6-14(5)9-7-8-11(2)13(4)12(3)10-14/h7-8,11-13H,6,9-10H2,1-5H3. The van der Waals surface area contributed by atoms with Crippen molar-refractivity contribution in [3.63, 3.8) is 0 Å². The molecule has 0 radical (unpaired) electrons. The summed E-state index contributed by atoms with van der Waals surface area (Å²) < 4.78 is 0. The Morgan fingerprint density at radius 2 is 1.93 bits per heavy atom. The van der Waals surface area contributed by atoms with Crippen LogP contribution < -0.4 is 0 Å². The molecule has 82 valence electrons. The molecule has 1 aliphatic carbocycles. The highest BCUT2D eigenvalue weighted by Gasteiger charge is 2.29. The van der Waals surface area contributed by atoms with E-state index in [2.05, 4.69) is 46.8 Å². The van der Waals surface area contributed by atoms with E-state index in [1.807, 2.05) is 0 Å². The Bertz CT molecular complexity index is 204. The molecule has 14 heavy (non-hydrogen) atoms. The summed E-state index contributed by atoms with van der Waals surface area (Å²) in [6.45, 7) is 12.0. The van der Waals surface area contributed by atoms with Gasteiger partial charge in [0.25, 0.3) is 0 Å². The van der Waals surface area contributed by atoms with Crippen LogP contribution in [0.4, 0.5) is 0 Å². The van der Waals surface area contributed by atoms with Crippen LogP contribution in [0.25, 0.3) is 0 Å². The fourth-order valence-electron chi connectivity index (χ4n) is 2.60. The first-order valence-corrected chi connectivity index (χ1v) is 6.15. The van der Waals surface area contributed by atoms with Crippen LogP contribution in [-0.4, -0.2) is 0 Å². The van der Waals surface area contributed by atoms with Crippen molar-refractivity contribution in [1.82, 2.24) is 0 Å². The van der Waals surface area contributed by atoms with Crippen LogP contribution in [0.1, 0.15) is 53.9 Å². The topological polar surface area (TPSA) is 0 Å². The average molecular weight is 194 g/mol. The molecule has 1 rings (SSSR count). The molecule has 0 saturated carbocycles. The predicted octanol–water partition coefficient (Wildman–Crippen LogP) is 4.66. The molecule has 4 unspecified atom stereocenters. The number of hydrogen-bond acceptors (Lipinski definition) is 0. The van der Waals surface area contributed by atoms with E-state index in [1.54, 1.807) is 0 Å². The first kappa shape index (κ1) is 11.8. The van der Waals surface area contributed by atoms with Crippen LogP contribution in [0.15, 0.2) is 12.2 Å². The Morgan fingerprint density at radius 3 is 2.50 bits per heavy atom. The van der Waals surface area contributed by atoms with Gasteiger partial charge in [0, 0.05) is 0 Å². The highest BCUT2D eigenvalue weighted by molar-refractivity contribution is 4.97. The van der Waals surface area contributed by atoms with Crippen molar-refractivity contribution in [2.75, 3.05) is 0 Å². The molecule has 0 saturated heterocycles. The Kier molecular flexibility index (Phi) is 3.80. The zero-order valence-electron chi connectivity index (χ0n) is 10.5. The van der Waals surface area contributed by atoms with Crippen LogP contribution in [0.3, 0.4) is 0 Å². The first-order chi connectivity index (χ1) is 6.48. The summed E-state index contributed by atoms with van der Waals surface area (Å²) in [5, 5.41) is 0. The highest BCUT2D eigenvalue weighted by Crippen LogP contribution is 2.40. The number of rotatable bonds is 1. The summed E-state index contributed by atoms with van der Waals surface area (Å²) >= 11 is 0. The van der Waals surface area contributed by atoms with E-state index in [-0.39, 0.29) is 0 Å². The smallest absolute Gasteiger partial charge is 0.0234 e. The summed E-state index contributed by atoms with van der Waals surface area (Å²) in [6.07, 6.45) is 8.80. The summed E-state index contributed by atoms with van der Waals surface area (Å²) in [5.41, 5.74) is 0.546. The molecule has 0 amide bonds. The van der Waals surface area contributed by atoms with Gasteiger partial charge in [-0.3, -0.25) is 0 Å². The lowest BCUT2D eigenvalue weighted by Gasteiger charge is -2.36. The average Bonchev–Trinajstić information content (AvgIpc) is 2.15. The van der Waals surface area contributed by atoms with Gasteiger partial charge >= 0.3 is 0 Å². The van der Waals surface area contributed by atoms with Crippen LogP contribution in [0.2, 0.25) is 0 Å². The van der Waals surface area contributed by atoms with Crippen molar-refractivity contribution >= 4 is 0 Å². The lowest BCUT2D eigenvalue weighted by molar-refractivity contribution is 0.177. The molecule has 0 bridgehead atoms. The number of allylic oxidation sites excluding steroid dienone is 2. The molecule has 0 fully saturated rings. The van der Waals surface area contributed by atoms with Crippen molar-refractivity contribution < 1.29 is 0 Å². The molecule has 0 aromatic carbocycles. The Morgan fingerprint density at radius 1 is 1.29 bits per heavy atom. The SMILES string of the molecule is CCC1(C)CC=CC(C)C(C)C(C)C1. The second-order valence-corrected chi connectivity index (χ2v) is 5.70. The molecule has 0 N–H and O–H groups in total. The summed E-state index contributed by atoms with van der Waals surface area (Å²) in [4.78, 5) is 0. The fraction of sp³-hybridized carbons (Fsp3) is 0.857. The second-order valence-electron chi connectivity index (χ2n) is 5.70. The minimum atomic E-state index is 0.546. The van der Waals surface area contributed by atoms with Gasteiger partial charge in [-0.1, -0.05) is 53.2 Å². The summed E-state index contributed by atoms with van der Waals surface area (Å²) in [5.74, 6) is 2.45. The highest BCUT2D eigenvalue weighted by atomic mass is 14.3. The van der Waals surface area contributed by atoms with Crippen molar-refractivity contribution in [2.24, 2.45) is 23.2 Å². The predicted molar refractivity (Wildman–Crippen MR) is 64.3 cm³/mol. The van der Waals surface area contributed by atoms with E-state index in [0.29, 0.717) is 5.41 Å². The summed E-state index contributed by atoms with van der Waals surface area (Å²) in [7, 11) is 0. The normalized spacial score (nSPS) is 44.5. The molecule has 4 atom stereocenters. The molecular formula is C14H26. The van der Waals surface area contributed by atoms with Gasteiger partial charge in [-0.2, -0.15) is 0 Å². The third-order valence-corrected chi connectivity index (χ3v) is 4.45. The Hall–Kier alpha value is -0.260. The maximum absolute atomic E-state index is 2.44. The van der Waals surface area contributed by atoms with Gasteiger partial charge in [0.1, 0.15) is 0 Å². The van der Waals surface area contributed by atoms with Gasteiger partial charge in [0.05, 0.1) is 0 Å². The third kappa shape index (κ3) is 2.62. The molecule has 1 aliphatic rings. The molecule has 0 aromatic heterocycles. The van der Waals surface area contributed by atoms with Gasteiger partial charge in [-0.25, -0.2) is 0 Å². The van der Waals surface area contributed by atoms with Gasteiger partial charge < -0.3 is 0 Å². The van der Waals surface area contributed by atoms with E-state index in [0.717, 1.165) is 17.8 Å². The van der Waals surface area contributed by atoms with Gasteiger partial charge in [-0.15, -0.1) is 0 Å². The third-order valence-electron chi connectivity index (χ3n) is 4.45. The van der Waals surface area contributed by atoms with E-state index < -0.39 is 0 Å². The molecule has 0 heteroatoms.